The smallest absolute Gasteiger partial charge is 0.266 e. The maximum atomic E-state index is 12.3. The van der Waals surface area contributed by atoms with E-state index in [4.69, 9.17) is 9.47 Å². The van der Waals surface area contributed by atoms with Gasteiger partial charge in [-0.1, -0.05) is 24.3 Å². The second-order valence-corrected chi connectivity index (χ2v) is 4.83. The molecule has 0 spiro atoms. The number of benzene rings is 2. The van der Waals surface area contributed by atoms with E-state index in [2.05, 4.69) is 5.32 Å². The van der Waals surface area contributed by atoms with Gasteiger partial charge in [-0.25, -0.2) is 0 Å². The van der Waals surface area contributed by atoms with Gasteiger partial charge in [0.05, 0.1) is 19.4 Å². The van der Waals surface area contributed by atoms with Gasteiger partial charge in [0.2, 0.25) is 0 Å². The van der Waals surface area contributed by atoms with Crippen LogP contribution in [0.15, 0.2) is 54.1 Å². The third kappa shape index (κ3) is 4.37. The molecule has 0 unspecified atom stereocenters. The minimum absolute atomic E-state index is 0.00504. The Morgan fingerprint density at radius 3 is 2.75 bits per heavy atom. The summed E-state index contributed by atoms with van der Waals surface area (Å²) in [5.41, 5.74) is 1.22. The summed E-state index contributed by atoms with van der Waals surface area (Å²) < 4.78 is 10.6. The lowest BCUT2D eigenvalue weighted by atomic mass is 10.1. The van der Waals surface area contributed by atoms with Crippen LogP contribution < -0.4 is 14.8 Å². The molecule has 0 aliphatic rings. The van der Waals surface area contributed by atoms with Gasteiger partial charge >= 0.3 is 0 Å². The van der Waals surface area contributed by atoms with E-state index in [-0.39, 0.29) is 5.57 Å². The number of methoxy groups -OCH3 is 1. The number of nitrogens with zero attached hydrogens (tertiary/aromatic N) is 1. The number of hydrogen-bond donors (Lipinski definition) is 1. The van der Waals surface area contributed by atoms with Gasteiger partial charge in [0.25, 0.3) is 5.91 Å². The predicted molar refractivity (Wildman–Crippen MR) is 92.8 cm³/mol. The molecule has 5 heteroatoms. The maximum absolute atomic E-state index is 12.3. The molecule has 2 aromatic carbocycles. The number of carbonyl (C=O) groups is 1. The highest BCUT2D eigenvalue weighted by Crippen LogP contribution is 2.24. The van der Waals surface area contributed by atoms with Crippen LogP contribution in [-0.2, 0) is 4.79 Å². The summed E-state index contributed by atoms with van der Waals surface area (Å²) in [7, 11) is 1.52. The normalized spacial score (nSPS) is 10.6. The Bertz CT molecular complexity index is 791. The van der Waals surface area contributed by atoms with E-state index in [1.165, 1.54) is 13.2 Å². The third-order valence-electron chi connectivity index (χ3n) is 3.20. The van der Waals surface area contributed by atoms with E-state index in [0.29, 0.717) is 29.4 Å². The zero-order valence-electron chi connectivity index (χ0n) is 13.6. The molecule has 2 rings (SSSR count). The largest absolute Gasteiger partial charge is 0.495 e. The Kier molecular flexibility index (Phi) is 5.98. The van der Waals surface area contributed by atoms with Crippen LogP contribution in [0.5, 0.6) is 11.5 Å². The van der Waals surface area contributed by atoms with Crippen LogP contribution in [0.2, 0.25) is 0 Å². The van der Waals surface area contributed by atoms with Gasteiger partial charge in [0, 0.05) is 0 Å². The van der Waals surface area contributed by atoms with Crippen molar-refractivity contribution in [2.75, 3.05) is 19.0 Å². The highest BCUT2D eigenvalue weighted by atomic mass is 16.5. The van der Waals surface area contributed by atoms with Crippen LogP contribution in [0.3, 0.4) is 0 Å². The monoisotopic (exact) mass is 322 g/mol. The standard InChI is InChI=1S/C19H18N2O3/c1-3-24-16-8-6-7-14(12-16)11-15(13-20)19(22)21-17-9-4-5-10-18(17)23-2/h4-12H,3H2,1-2H3,(H,21,22)/b15-11+. The van der Waals surface area contributed by atoms with Gasteiger partial charge in [-0.3, -0.25) is 4.79 Å². The maximum Gasteiger partial charge on any atom is 0.266 e. The first-order valence-electron chi connectivity index (χ1n) is 7.47. The highest BCUT2D eigenvalue weighted by Gasteiger charge is 2.12. The number of ether oxygens (including phenoxy) is 2. The van der Waals surface area contributed by atoms with Gasteiger partial charge in [0.1, 0.15) is 23.1 Å². The lowest BCUT2D eigenvalue weighted by Crippen LogP contribution is -2.14. The fraction of sp³-hybridized carbons (Fsp3) is 0.158. The molecule has 5 nitrogen and oxygen atoms in total. The Morgan fingerprint density at radius 1 is 1.25 bits per heavy atom. The highest BCUT2D eigenvalue weighted by molar-refractivity contribution is 6.10. The topological polar surface area (TPSA) is 71.3 Å². The Hall–Kier alpha value is -3.26. The SMILES string of the molecule is CCOc1cccc(/C=C(\C#N)C(=O)Nc2ccccc2OC)c1. The van der Waals surface area contributed by atoms with Gasteiger partial charge in [-0.15, -0.1) is 0 Å². The van der Waals surface area contributed by atoms with Crippen LogP contribution in [-0.4, -0.2) is 19.6 Å². The molecule has 0 bridgehead atoms. The van der Waals surface area contributed by atoms with Crippen molar-refractivity contribution >= 4 is 17.7 Å². The van der Waals surface area contributed by atoms with E-state index in [1.807, 2.05) is 25.1 Å². The fourth-order valence-corrected chi connectivity index (χ4v) is 2.11. The molecule has 0 aromatic heterocycles. The molecule has 0 saturated heterocycles. The van der Waals surface area contributed by atoms with Crippen LogP contribution in [0.1, 0.15) is 12.5 Å². The van der Waals surface area contributed by atoms with Crippen molar-refractivity contribution in [2.24, 2.45) is 0 Å². The van der Waals surface area contributed by atoms with Crippen molar-refractivity contribution in [2.45, 2.75) is 6.92 Å². The van der Waals surface area contributed by atoms with Crippen LogP contribution in [0.25, 0.3) is 6.08 Å². The summed E-state index contributed by atoms with van der Waals surface area (Å²) >= 11 is 0. The van der Waals surface area contributed by atoms with Crippen molar-refractivity contribution in [3.63, 3.8) is 0 Å². The van der Waals surface area contributed by atoms with Crippen LogP contribution in [0, 0.1) is 11.3 Å². The van der Waals surface area contributed by atoms with Gasteiger partial charge in [-0.2, -0.15) is 5.26 Å². The van der Waals surface area contributed by atoms with E-state index in [0.717, 1.165) is 0 Å². The van der Waals surface area contributed by atoms with E-state index in [9.17, 15) is 10.1 Å². The van der Waals surface area contributed by atoms with Crippen molar-refractivity contribution < 1.29 is 14.3 Å². The average Bonchev–Trinajstić information content (AvgIpc) is 2.60. The number of hydrogen-bond acceptors (Lipinski definition) is 4. The number of para-hydroxylation sites is 2. The second-order valence-electron chi connectivity index (χ2n) is 4.83. The number of nitrogens with one attached hydrogen (secondary N) is 1. The number of rotatable bonds is 6. The van der Waals surface area contributed by atoms with Crippen LogP contribution in [0.4, 0.5) is 5.69 Å². The third-order valence-corrected chi connectivity index (χ3v) is 3.20. The Morgan fingerprint density at radius 2 is 2.04 bits per heavy atom. The molecule has 122 valence electrons. The first kappa shape index (κ1) is 17.1. The number of anilines is 1. The molecule has 2 aromatic rings. The quantitative estimate of drug-likeness (QED) is 0.651. The zero-order chi connectivity index (χ0) is 17.4. The predicted octanol–water partition coefficient (Wildman–Crippen LogP) is 3.64. The van der Waals surface area contributed by atoms with Gasteiger partial charge < -0.3 is 14.8 Å². The summed E-state index contributed by atoms with van der Waals surface area (Å²) in [5.74, 6) is 0.721. The average molecular weight is 322 g/mol. The van der Waals surface area contributed by atoms with Crippen molar-refractivity contribution in [1.29, 1.82) is 5.26 Å². The zero-order valence-corrected chi connectivity index (χ0v) is 13.6. The summed E-state index contributed by atoms with van der Waals surface area (Å²) in [6.07, 6.45) is 1.52. The molecular weight excluding hydrogens is 304 g/mol. The minimum atomic E-state index is -0.496. The molecule has 0 atom stereocenters. The first-order chi connectivity index (χ1) is 11.7. The lowest BCUT2D eigenvalue weighted by molar-refractivity contribution is -0.112. The Balaban J connectivity index is 2.23. The molecule has 1 amide bonds. The van der Waals surface area contributed by atoms with Gasteiger partial charge in [-0.05, 0) is 42.8 Å². The Labute approximate surface area is 141 Å². The molecular formula is C19H18N2O3. The molecule has 0 fully saturated rings. The van der Waals surface area contributed by atoms with Gasteiger partial charge in [0.15, 0.2) is 0 Å². The molecule has 0 aliphatic carbocycles. The molecule has 1 N–H and O–H groups in total. The molecule has 0 aliphatic heterocycles. The fourth-order valence-electron chi connectivity index (χ4n) is 2.11. The number of amides is 1. The molecule has 0 saturated carbocycles. The summed E-state index contributed by atoms with van der Waals surface area (Å²) in [6.45, 7) is 2.44. The molecule has 24 heavy (non-hydrogen) atoms. The first-order valence-corrected chi connectivity index (χ1v) is 7.47. The van der Waals surface area contributed by atoms with Crippen molar-refractivity contribution in [3.8, 4) is 17.6 Å². The lowest BCUT2D eigenvalue weighted by Gasteiger charge is -2.09. The van der Waals surface area contributed by atoms with E-state index < -0.39 is 5.91 Å². The van der Waals surface area contributed by atoms with E-state index in [1.54, 1.807) is 36.4 Å². The van der Waals surface area contributed by atoms with E-state index >= 15 is 0 Å². The second kappa shape index (κ2) is 8.39. The number of nitriles is 1. The van der Waals surface area contributed by atoms with Crippen molar-refractivity contribution in [3.05, 3.63) is 59.7 Å². The summed E-state index contributed by atoms with van der Waals surface area (Å²) in [6, 6.07) is 16.2. The van der Waals surface area contributed by atoms with Crippen molar-refractivity contribution in [1.82, 2.24) is 0 Å². The molecule has 0 heterocycles. The molecule has 0 radical (unpaired) electrons. The van der Waals surface area contributed by atoms with Crippen LogP contribution >= 0.6 is 0 Å². The number of carbonyl (C=O) groups excluding carboxylic acids is 1. The summed E-state index contributed by atoms with van der Waals surface area (Å²) in [5, 5.41) is 12.0. The summed E-state index contributed by atoms with van der Waals surface area (Å²) in [4.78, 5) is 12.3. The minimum Gasteiger partial charge on any atom is -0.495 e.